The lowest BCUT2D eigenvalue weighted by molar-refractivity contribution is 0.317. The maximum atomic E-state index is 13.1. The summed E-state index contributed by atoms with van der Waals surface area (Å²) in [6, 6.07) is 13.9. The highest BCUT2D eigenvalue weighted by Gasteiger charge is 2.29. The van der Waals surface area contributed by atoms with E-state index in [4.69, 9.17) is 9.29 Å². The Balaban J connectivity index is 1.31. The second-order valence-corrected chi connectivity index (χ2v) is 23.0. The van der Waals surface area contributed by atoms with Gasteiger partial charge < -0.3 is 14.9 Å². The normalized spacial score (nSPS) is 12.9. The molecule has 32 heteroatoms. The molecule has 3 aromatic heterocycles. The first kappa shape index (κ1) is 52.2. The van der Waals surface area contributed by atoms with E-state index in [0.29, 0.717) is 33.4 Å². The van der Waals surface area contributed by atoms with E-state index in [-0.39, 0.29) is 69.9 Å². The molecule has 0 atom stereocenters. The molecule has 372 valence electrons. The van der Waals surface area contributed by atoms with Crippen molar-refractivity contribution in [2.75, 3.05) is 23.9 Å². The molecule has 0 radical (unpaired) electrons. The number of phenolic OH excluding ortho intramolecular Hbond substituents is 1. The zero-order chi connectivity index (χ0) is 51.6. The van der Waals surface area contributed by atoms with E-state index in [1.165, 1.54) is 23.5 Å². The van der Waals surface area contributed by atoms with Gasteiger partial charge in [-0.2, -0.15) is 38.9 Å². The minimum absolute atomic E-state index is 0.0246. The largest absolute Gasteiger partial charge is 0.505 e. The number of hydrogen-bond donors (Lipinski definition) is 6. The second-order valence-electron chi connectivity index (χ2n) is 14.9. The molecule has 0 saturated heterocycles. The quantitative estimate of drug-likeness (QED) is 0.0191. The van der Waals surface area contributed by atoms with Crippen LogP contribution in [0.15, 0.2) is 99.4 Å². The van der Waals surface area contributed by atoms with E-state index >= 15 is 0 Å². The van der Waals surface area contributed by atoms with E-state index in [1.807, 2.05) is 0 Å². The number of fused-ring (bicyclic) bond motifs is 4. The minimum atomic E-state index is -5.45. The van der Waals surface area contributed by atoms with Gasteiger partial charge >= 0.3 is 0 Å². The number of aromatic hydroxyl groups is 2. The Bertz CT molecular complexity index is 3890. The lowest BCUT2D eigenvalue weighted by Crippen LogP contribution is -2.08. The van der Waals surface area contributed by atoms with E-state index < -0.39 is 95.5 Å². The van der Waals surface area contributed by atoms with Gasteiger partial charge in [0.2, 0.25) is 5.88 Å². The van der Waals surface area contributed by atoms with Gasteiger partial charge in [-0.05, 0) is 61.7 Å². The Hall–Kier alpha value is -6.67. The highest BCUT2D eigenvalue weighted by molar-refractivity contribution is 8.01. The van der Waals surface area contributed by atoms with Gasteiger partial charge in [0.05, 0.1) is 34.8 Å². The lowest BCUT2D eigenvalue weighted by Gasteiger charge is -2.14. The third kappa shape index (κ3) is 11.9. The Morgan fingerprint density at radius 1 is 0.789 bits per heavy atom. The number of aryl methyl sites for hydroxylation is 1. The second kappa shape index (κ2) is 20.6. The number of para-hydroxylation sites is 2. The third-order valence-corrected chi connectivity index (χ3v) is 15.4. The van der Waals surface area contributed by atoms with Gasteiger partial charge in [-0.1, -0.05) is 48.6 Å². The Morgan fingerprint density at radius 3 is 2.15 bits per heavy atom. The number of hydrogen-bond acceptors (Lipinski definition) is 23. The van der Waals surface area contributed by atoms with Crippen LogP contribution in [0.4, 0.5) is 33.6 Å². The summed E-state index contributed by atoms with van der Waals surface area (Å²) < 4.78 is 143. The van der Waals surface area contributed by atoms with E-state index in [2.05, 4.69) is 51.9 Å². The zero-order valence-electron chi connectivity index (χ0n) is 36.4. The molecule has 0 fully saturated rings. The van der Waals surface area contributed by atoms with Crippen molar-refractivity contribution in [3.63, 3.8) is 0 Å². The van der Waals surface area contributed by atoms with Crippen molar-refractivity contribution < 1.29 is 66.8 Å². The summed E-state index contributed by atoms with van der Waals surface area (Å²) >= 11 is 1.93. The summed E-state index contributed by atoms with van der Waals surface area (Å²) in [6.45, 7) is 2.96. The number of pyridine rings is 1. The van der Waals surface area contributed by atoms with Crippen LogP contribution in [-0.2, 0) is 46.9 Å². The summed E-state index contributed by atoms with van der Waals surface area (Å²) in [4.78, 5) is 2.18. The van der Waals surface area contributed by atoms with Crippen LogP contribution in [0.3, 0.4) is 0 Å². The molecule has 0 aliphatic heterocycles. The number of ether oxygens (including phenoxy) is 1. The van der Waals surface area contributed by atoms with Gasteiger partial charge in [-0.25, -0.2) is 4.98 Å². The Kier molecular flexibility index (Phi) is 15.1. The summed E-state index contributed by atoms with van der Waals surface area (Å²) in [6.07, 6.45) is 0.378. The van der Waals surface area contributed by atoms with Gasteiger partial charge in [0.15, 0.2) is 21.4 Å². The molecule has 7 aromatic rings. The van der Waals surface area contributed by atoms with Gasteiger partial charge in [0.25, 0.3) is 45.6 Å². The van der Waals surface area contributed by atoms with Crippen LogP contribution in [0.1, 0.15) is 36.5 Å². The van der Waals surface area contributed by atoms with Crippen LogP contribution in [0.2, 0.25) is 0 Å². The number of nitriles is 1. The molecule has 0 unspecified atom stereocenters. The average molecular weight is 1090 g/mol. The van der Waals surface area contributed by atoms with Gasteiger partial charge in [0, 0.05) is 28.2 Å². The molecule has 0 amide bonds. The van der Waals surface area contributed by atoms with Crippen LogP contribution in [0, 0.1) is 18.3 Å². The van der Waals surface area contributed by atoms with Crippen molar-refractivity contribution in [2.45, 2.75) is 47.2 Å². The van der Waals surface area contributed by atoms with Crippen molar-refractivity contribution >= 4 is 125 Å². The lowest BCUT2D eigenvalue weighted by atomic mass is 10.0. The number of phenols is 1. The van der Waals surface area contributed by atoms with Crippen LogP contribution in [-0.4, -0.2) is 106 Å². The number of benzene rings is 4. The van der Waals surface area contributed by atoms with Crippen molar-refractivity contribution in [1.29, 1.82) is 5.26 Å². The fourth-order valence-electron chi connectivity index (χ4n) is 6.87. The number of aromatic nitrogens is 4. The van der Waals surface area contributed by atoms with Crippen LogP contribution < -0.4 is 4.74 Å². The number of imidazole rings is 1. The predicted octanol–water partition coefficient (Wildman–Crippen LogP) is 8.41. The fraction of sp³-hybridized carbons (Fsp3) is 0.231. The van der Waals surface area contributed by atoms with E-state index in [0.717, 1.165) is 35.2 Å². The molecule has 7 rings (SSSR count). The fourth-order valence-corrected chi connectivity index (χ4v) is 11.4. The Morgan fingerprint density at radius 2 is 1.48 bits per heavy atom. The van der Waals surface area contributed by atoms with Crippen molar-refractivity contribution in [3.8, 4) is 23.4 Å². The van der Waals surface area contributed by atoms with Gasteiger partial charge in [-0.3, -0.25) is 22.6 Å². The molecule has 26 nitrogen and oxygen atoms in total. The smallest absolute Gasteiger partial charge is 0.297 e. The molecule has 71 heavy (non-hydrogen) atoms. The molecule has 0 bridgehead atoms. The summed E-state index contributed by atoms with van der Waals surface area (Å²) in [5.74, 6) is -3.04. The maximum absolute atomic E-state index is 13.1. The molecule has 6 N–H and O–H groups in total. The van der Waals surface area contributed by atoms with Crippen LogP contribution >= 0.6 is 23.1 Å². The Labute approximate surface area is 410 Å². The highest BCUT2D eigenvalue weighted by Crippen LogP contribution is 2.47. The zero-order valence-corrected chi connectivity index (χ0v) is 41.3. The molecular formula is C39H35N11O15S6. The molecule has 0 spiro atoms. The van der Waals surface area contributed by atoms with Gasteiger partial charge in [-0.15, -0.1) is 40.9 Å². The predicted molar refractivity (Wildman–Crippen MR) is 256 cm³/mol. The van der Waals surface area contributed by atoms with Crippen molar-refractivity contribution in [2.24, 2.45) is 30.7 Å². The van der Waals surface area contributed by atoms with E-state index in [1.54, 1.807) is 31.2 Å². The topological polar surface area (TPSA) is 408 Å². The maximum Gasteiger partial charge on any atom is 0.297 e. The highest BCUT2D eigenvalue weighted by atomic mass is 32.2. The molecular weight excluding hydrogens is 1050 g/mol. The van der Waals surface area contributed by atoms with Crippen molar-refractivity contribution in [3.05, 3.63) is 71.3 Å². The molecule has 0 aliphatic rings. The van der Waals surface area contributed by atoms with Crippen LogP contribution in [0.5, 0.6) is 17.4 Å². The average Bonchev–Trinajstić information content (AvgIpc) is 3.90. The van der Waals surface area contributed by atoms with Gasteiger partial charge in [0.1, 0.15) is 44.2 Å². The first-order valence-corrected chi connectivity index (χ1v) is 28.0. The summed E-state index contributed by atoms with van der Waals surface area (Å²) in [5.41, 5.74) is -0.439. The summed E-state index contributed by atoms with van der Waals surface area (Å²) in [5, 5.41) is 64.2. The molecule has 0 aliphatic carbocycles. The van der Waals surface area contributed by atoms with Crippen LogP contribution in [0.25, 0.3) is 27.5 Å². The third-order valence-electron chi connectivity index (χ3n) is 9.91. The van der Waals surface area contributed by atoms with E-state index in [9.17, 15) is 62.8 Å². The minimum Gasteiger partial charge on any atom is -0.505 e. The number of azo groups is 3. The monoisotopic (exact) mass is 1090 g/mol. The van der Waals surface area contributed by atoms with Crippen molar-refractivity contribution in [1.82, 2.24) is 19.6 Å². The first-order chi connectivity index (χ1) is 33.4. The number of thioether (sulfide) groups is 1. The number of nitrogens with zero attached hydrogens (tertiary/aromatic N) is 11. The molecule has 3 heterocycles. The SMILES string of the molecule is CCCc1c(N=Nc2ccc3c(O)c(N=Nc4cc(C)c(N=Nc5nnc(SCCS(=O)(=O)O)s5)cc4OCCCS(=O)(=O)O)c(S(=O)(=O)O)cc3c2S(=O)(=O)O)c(O)n2c(nc3ccccc32)c1C#N. The first-order valence-electron chi connectivity index (χ1n) is 20.1. The standard InChI is InChI=1S/C39H35N11O15S6/c1-3-7-21-24(19-40)36-41-25-8-4-5-9-29(25)50(36)37(52)32(21)45-42-26-11-10-22-23(35(26)71(62,63)64)17-31(70(59,60)61)33(34(22)51)46-44-28-16-20(2)27(18-30(28)65-12-6-14-68(53,54)55)43-47-38-48-49-39(67-38)66-13-15-69(56,57)58/h4-5,8-11,16-18,51-52H,3,6-7,12-15H2,1-2H3,(H,53,54,55)(H,56,57,58)(H,59,60,61)(H,62,63,64). The molecule has 4 aromatic carbocycles. The number of rotatable bonds is 19. The summed E-state index contributed by atoms with van der Waals surface area (Å²) in [7, 11) is -19.5. The molecule has 0 saturated carbocycles.